The van der Waals surface area contributed by atoms with E-state index in [1.54, 1.807) is 12.1 Å². The van der Waals surface area contributed by atoms with Gasteiger partial charge < -0.3 is 9.88 Å². The molecule has 5 nitrogen and oxygen atoms in total. The van der Waals surface area contributed by atoms with Crippen molar-refractivity contribution in [3.05, 3.63) is 71.3 Å². The molecule has 0 aliphatic carbocycles. The molecule has 30 heavy (non-hydrogen) atoms. The highest BCUT2D eigenvalue weighted by molar-refractivity contribution is 6.04. The maximum absolute atomic E-state index is 13.1. The normalized spacial score (nSPS) is 14.2. The molecule has 0 atom stereocenters. The van der Waals surface area contributed by atoms with E-state index >= 15 is 0 Å². The summed E-state index contributed by atoms with van der Waals surface area (Å²) in [7, 11) is 0. The summed E-state index contributed by atoms with van der Waals surface area (Å²) in [5.74, 6) is 1.36. The molecule has 154 valence electrons. The van der Waals surface area contributed by atoms with Crippen LogP contribution in [0.3, 0.4) is 0 Å². The summed E-state index contributed by atoms with van der Waals surface area (Å²) in [6.45, 7) is 4.72. The highest BCUT2D eigenvalue weighted by Crippen LogP contribution is 2.27. The highest BCUT2D eigenvalue weighted by atomic mass is 19.1. The van der Waals surface area contributed by atoms with Gasteiger partial charge in [0.05, 0.1) is 0 Å². The largest absolute Gasteiger partial charge is 0.322 e. The molecule has 0 fully saturated rings. The summed E-state index contributed by atoms with van der Waals surface area (Å²) < 4.78 is 15.3. The van der Waals surface area contributed by atoms with Gasteiger partial charge in [0.1, 0.15) is 11.6 Å². The molecule has 0 saturated carbocycles. The molecule has 0 saturated heterocycles. The van der Waals surface area contributed by atoms with Crippen molar-refractivity contribution >= 4 is 17.2 Å². The molecular weight excluding hydrogens is 379 g/mol. The Morgan fingerprint density at radius 1 is 1.10 bits per heavy atom. The van der Waals surface area contributed by atoms with Gasteiger partial charge in [-0.3, -0.25) is 4.79 Å². The zero-order valence-electron chi connectivity index (χ0n) is 17.3. The summed E-state index contributed by atoms with van der Waals surface area (Å²) in [5, 5.41) is 11.8. The van der Waals surface area contributed by atoms with Crippen molar-refractivity contribution in [2.45, 2.75) is 46.1 Å². The number of hydrogen-bond donors (Lipinski definition) is 1. The van der Waals surface area contributed by atoms with Crippen LogP contribution in [-0.2, 0) is 17.8 Å². The van der Waals surface area contributed by atoms with Gasteiger partial charge in [0.2, 0.25) is 5.91 Å². The SMILES string of the molecule is C/C(=C/C(=O)Nc1cc(-c2nnc3n2CCCCC3)ccc1C)c1ccc(F)cc1. The molecule has 2 aromatic carbocycles. The molecule has 1 aliphatic heterocycles. The van der Waals surface area contributed by atoms with Gasteiger partial charge >= 0.3 is 0 Å². The Balaban J connectivity index is 1.57. The molecule has 1 aliphatic rings. The van der Waals surface area contributed by atoms with Gasteiger partial charge in [-0.05, 0) is 61.6 Å². The minimum absolute atomic E-state index is 0.225. The van der Waals surface area contributed by atoms with Crippen molar-refractivity contribution in [2.75, 3.05) is 5.32 Å². The topological polar surface area (TPSA) is 59.8 Å². The van der Waals surface area contributed by atoms with E-state index in [4.69, 9.17) is 0 Å². The molecule has 0 unspecified atom stereocenters. The summed E-state index contributed by atoms with van der Waals surface area (Å²) in [4.78, 5) is 12.6. The number of allylic oxidation sites excluding steroid dienone is 1. The average Bonchev–Trinajstić information content (AvgIpc) is 2.98. The minimum Gasteiger partial charge on any atom is -0.322 e. The Morgan fingerprint density at radius 2 is 1.90 bits per heavy atom. The predicted octanol–water partition coefficient (Wildman–Crippen LogP) is 5.16. The molecule has 2 heterocycles. The predicted molar refractivity (Wildman–Crippen MR) is 116 cm³/mol. The lowest BCUT2D eigenvalue weighted by Crippen LogP contribution is -2.10. The zero-order valence-corrected chi connectivity index (χ0v) is 17.3. The van der Waals surface area contributed by atoms with Crippen LogP contribution in [0.15, 0.2) is 48.5 Å². The van der Waals surface area contributed by atoms with E-state index in [9.17, 15) is 9.18 Å². The first-order valence-electron chi connectivity index (χ1n) is 10.3. The Labute approximate surface area is 175 Å². The summed E-state index contributed by atoms with van der Waals surface area (Å²) >= 11 is 0. The quantitative estimate of drug-likeness (QED) is 0.611. The van der Waals surface area contributed by atoms with E-state index in [0.29, 0.717) is 0 Å². The number of rotatable bonds is 4. The zero-order chi connectivity index (χ0) is 21.1. The fraction of sp³-hybridized carbons (Fsp3) is 0.292. The van der Waals surface area contributed by atoms with Crippen LogP contribution in [0, 0.1) is 12.7 Å². The number of carbonyl (C=O) groups is 1. The van der Waals surface area contributed by atoms with Gasteiger partial charge in [0, 0.05) is 30.3 Å². The standard InChI is InChI=1S/C24H25FN4O/c1-16-7-8-19(24-28-27-22-6-4-3-5-13-29(22)24)15-21(16)26-23(30)14-17(2)18-9-11-20(25)12-10-18/h7-12,14-15H,3-6,13H2,1-2H3,(H,26,30)/b17-14-. The number of nitrogens with one attached hydrogen (secondary N) is 1. The molecule has 0 spiro atoms. The third-order valence-corrected chi connectivity index (χ3v) is 5.51. The second kappa shape index (κ2) is 8.61. The van der Waals surface area contributed by atoms with Crippen molar-refractivity contribution in [3.63, 3.8) is 0 Å². The number of anilines is 1. The van der Waals surface area contributed by atoms with E-state index in [1.807, 2.05) is 32.0 Å². The third kappa shape index (κ3) is 4.32. The average molecular weight is 404 g/mol. The second-order valence-corrected chi connectivity index (χ2v) is 7.76. The number of carbonyl (C=O) groups excluding carboxylic acids is 1. The van der Waals surface area contributed by atoms with Crippen LogP contribution in [0.1, 0.15) is 43.1 Å². The number of amides is 1. The van der Waals surface area contributed by atoms with Gasteiger partial charge in [-0.15, -0.1) is 10.2 Å². The number of aryl methyl sites for hydroxylation is 2. The van der Waals surface area contributed by atoms with E-state index < -0.39 is 0 Å². The van der Waals surface area contributed by atoms with Gasteiger partial charge in [-0.25, -0.2) is 4.39 Å². The molecular formula is C24H25FN4O. The third-order valence-electron chi connectivity index (χ3n) is 5.51. The van der Waals surface area contributed by atoms with Gasteiger partial charge in [-0.2, -0.15) is 0 Å². The van der Waals surface area contributed by atoms with Gasteiger partial charge in [0.15, 0.2) is 5.82 Å². The van der Waals surface area contributed by atoms with E-state index in [0.717, 1.165) is 65.4 Å². The van der Waals surface area contributed by atoms with Crippen molar-refractivity contribution in [2.24, 2.45) is 0 Å². The number of nitrogens with zero attached hydrogens (tertiary/aromatic N) is 3. The molecule has 3 aromatic rings. The summed E-state index contributed by atoms with van der Waals surface area (Å²) in [5.41, 5.74) is 4.23. The smallest absolute Gasteiger partial charge is 0.248 e. The molecule has 1 aromatic heterocycles. The van der Waals surface area contributed by atoms with Crippen LogP contribution in [0.2, 0.25) is 0 Å². The van der Waals surface area contributed by atoms with Crippen LogP contribution in [-0.4, -0.2) is 20.7 Å². The Kier molecular flexibility index (Phi) is 5.74. The molecule has 0 radical (unpaired) electrons. The molecule has 0 bridgehead atoms. The van der Waals surface area contributed by atoms with Gasteiger partial charge in [0.25, 0.3) is 0 Å². The van der Waals surface area contributed by atoms with E-state index in [1.165, 1.54) is 24.6 Å². The first-order valence-corrected chi connectivity index (χ1v) is 10.3. The van der Waals surface area contributed by atoms with E-state index in [-0.39, 0.29) is 11.7 Å². The monoisotopic (exact) mass is 404 g/mol. The molecule has 1 amide bonds. The molecule has 1 N–H and O–H groups in total. The van der Waals surface area contributed by atoms with Crippen LogP contribution in [0.4, 0.5) is 10.1 Å². The highest BCUT2D eigenvalue weighted by Gasteiger charge is 2.17. The lowest BCUT2D eigenvalue weighted by molar-refractivity contribution is -0.111. The lowest BCUT2D eigenvalue weighted by atomic mass is 10.1. The Hall–Kier alpha value is -3.28. The first kappa shape index (κ1) is 20.0. The lowest BCUT2D eigenvalue weighted by Gasteiger charge is -2.11. The number of hydrogen-bond acceptors (Lipinski definition) is 3. The van der Waals surface area contributed by atoms with Crippen LogP contribution in [0.5, 0.6) is 0 Å². The minimum atomic E-state index is -0.296. The van der Waals surface area contributed by atoms with Crippen molar-refractivity contribution in [3.8, 4) is 11.4 Å². The van der Waals surface area contributed by atoms with Crippen LogP contribution >= 0.6 is 0 Å². The fourth-order valence-electron chi connectivity index (χ4n) is 3.76. The second-order valence-electron chi connectivity index (χ2n) is 7.76. The van der Waals surface area contributed by atoms with Crippen molar-refractivity contribution in [1.29, 1.82) is 0 Å². The van der Waals surface area contributed by atoms with Crippen LogP contribution in [0.25, 0.3) is 17.0 Å². The number of halogens is 1. The number of benzene rings is 2. The van der Waals surface area contributed by atoms with E-state index in [2.05, 4.69) is 20.1 Å². The fourth-order valence-corrected chi connectivity index (χ4v) is 3.76. The molecule has 6 heteroatoms. The Morgan fingerprint density at radius 3 is 2.70 bits per heavy atom. The number of aromatic nitrogens is 3. The summed E-state index contributed by atoms with van der Waals surface area (Å²) in [6, 6.07) is 12.1. The van der Waals surface area contributed by atoms with Crippen molar-refractivity contribution in [1.82, 2.24) is 14.8 Å². The van der Waals surface area contributed by atoms with Crippen molar-refractivity contribution < 1.29 is 9.18 Å². The summed E-state index contributed by atoms with van der Waals surface area (Å²) in [6.07, 6.45) is 5.96. The Bertz CT molecular complexity index is 1100. The molecule has 4 rings (SSSR count). The van der Waals surface area contributed by atoms with Crippen LogP contribution < -0.4 is 5.32 Å². The first-order chi connectivity index (χ1) is 14.5. The van der Waals surface area contributed by atoms with Gasteiger partial charge in [-0.1, -0.05) is 30.7 Å². The maximum Gasteiger partial charge on any atom is 0.248 e. The maximum atomic E-state index is 13.1. The number of fused-ring (bicyclic) bond motifs is 1.